The van der Waals surface area contributed by atoms with Crippen molar-refractivity contribution in [3.05, 3.63) is 28.0 Å². The summed E-state index contributed by atoms with van der Waals surface area (Å²) < 4.78 is 18.5. The molecule has 0 aromatic heterocycles. The molecule has 1 amide bonds. The molecule has 16 heavy (non-hydrogen) atoms. The summed E-state index contributed by atoms with van der Waals surface area (Å²) in [5.41, 5.74) is 1.24. The number of methoxy groups -OCH3 is 1. The number of ether oxygens (including phenoxy) is 1. The van der Waals surface area contributed by atoms with E-state index in [4.69, 9.17) is 4.74 Å². The molecule has 0 saturated carbocycles. The molecule has 0 heterocycles. The summed E-state index contributed by atoms with van der Waals surface area (Å²) in [6.07, 6.45) is -0.564. The number of hydrogen-bond donors (Lipinski definition) is 1. The van der Waals surface area contributed by atoms with Crippen molar-refractivity contribution < 1.29 is 13.9 Å². The van der Waals surface area contributed by atoms with Crippen LogP contribution < -0.4 is 5.32 Å². The van der Waals surface area contributed by atoms with E-state index in [1.165, 1.54) is 13.2 Å². The molecule has 1 aromatic rings. The number of rotatable bonds is 3. The molecule has 0 aliphatic carbocycles. The van der Waals surface area contributed by atoms with Crippen LogP contribution >= 0.6 is 15.9 Å². The lowest BCUT2D eigenvalue weighted by atomic mass is 10.2. The van der Waals surface area contributed by atoms with Gasteiger partial charge in [0.15, 0.2) is 0 Å². The minimum atomic E-state index is -0.564. The minimum Gasteiger partial charge on any atom is -0.372 e. The third-order valence-corrected chi connectivity index (χ3v) is 2.86. The first-order chi connectivity index (χ1) is 7.45. The van der Waals surface area contributed by atoms with Crippen molar-refractivity contribution in [1.82, 2.24) is 0 Å². The van der Waals surface area contributed by atoms with Gasteiger partial charge in [0.1, 0.15) is 11.9 Å². The topological polar surface area (TPSA) is 38.3 Å². The summed E-state index contributed by atoms with van der Waals surface area (Å²) in [6.45, 7) is 3.41. The van der Waals surface area contributed by atoms with Crippen LogP contribution in [0.4, 0.5) is 10.1 Å². The number of halogens is 2. The molecular formula is C11H13BrFNO2. The largest absolute Gasteiger partial charge is 0.372 e. The zero-order chi connectivity index (χ0) is 12.3. The number of nitrogens with one attached hydrogen (secondary N) is 1. The van der Waals surface area contributed by atoms with Gasteiger partial charge in [-0.3, -0.25) is 4.79 Å². The third kappa shape index (κ3) is 3.02. The van der Waals surface area contributed by atoms with Crippen LogP contribution in [0.15, 0.2) is 16.6 Å². The summed E-state index contributed by atoms with van der Waals surface area (Å²) in [4.78, 5) is 11.5. The maximum atomic E-state index is 13.3. The van der Waals surface area contributed by atoms with Crippen molar-refractivity contribution in [2.45, 2.75) is 20.0 Å². The third-order valence-electron chi connectivity index (χ3n) is 2.25. The Hall–Kier alpha value is -0.940. The standard InChI is InChI=1S/C11H13BrFNO2/c1-6-4-8(12)9(13)5-10(6)14-11(15)7(2)16-3/h4-5,7H,1-3H3,(H,14,15). The second kappa shape index (κ2) is 5.41. The van der Waals surface area contributed by atoms with Crippen LogP contribution in [0.25, 0.3) is 0 Å². The number of aryl methyl sites for hydroxylation is 1. The van der Waals surface area contributed by atoms with Crippen molar-refractivity contribution in [3.63, 3.8) is 0 Å². The van der Waals surface area contributed by atoms with Crippen molar-refractivity contribution >= 4 is 27.5 Å². The SMILES string of the molecule is COC(C)C(=O)Nc1cc(F)c(Br)cc1C. The van der Waals surface area contributed by atoms with Crippen LogP contribution in [0.1, 0.15) is 12.5 Å². The average Bonchev–Trinajstić information content (AvgIpc) is 2.24. The van der Waals surface area contributed by atoms with Gasteiger partial charge in [-0.1, -0.05) is 0 Å². The number of anilines is 1. The van der Waals surface area contributed by atoms with Crippen LogP contribution in [0.5, 0.6) is 0 Å². The van der Waals surface area contributed by atoms with E-state index >= 15 is 0 Å². The van der Waals surface area contributed by atoms with Gasteiger partial charge in [0, 0.05) is 12.8 Å². The Morgan fingerprint density at radius 1 is 1.56 bits per heavy atom. The molecule has 0 spiro atoms. The maximum absolute atomic E-state index is 13.3. The van der Waals surface area contributed by atoms with E-state index in [2.05, 4.69) is 21.2 Å². The zero-order valence-corrected chi connectivity index (χ0v) is 10.9. The minimum absolute atomic E-state index is 0.299. The van der Waals surface area contributed by atoms with Crippen LogP contribution in [0.2, 0.25) is 0 Å². The van der Waals surface area contributed by atoms with Crippen molar-refractivity contribution in [1.29, 1.82) is 0 Å². The van der Waals surface area contributed by atoms with Gasteiger partial charge in [-0.15, -0.1) is 0 Å². The second-order valence-corrected chi connectivity index (χ2v) is 4.30. The summed E-state index contributed by atoms with van der Waals surface area (Å²) in [6, 6.07) is 2.89. The van der Waals surface area contributed by atoms with Crippen LogP contribution in [0, 0.1) is 12.7 Å². The molecular weight excluding hydrogens is 277 g/mol. The van der Waals surface area contributed by atoms with Gasteiger partial charge in [-0.25, -0.2) is 4.39 Å². The molecule has 0 fully saturated rings. The number of carbonyl (C=O) groups is 1. The normalized spacial score (nSPS) is 12.3. The van der Waals surface area contributed by atoms with Crippen molar-refractivity contribution in [2.75, 3.05) is 12.4 Å². The lowest BCUT2D eigenvalue weighted by Gasteiger charge is -2.12. The Balaban J connectivity index is 2.90. The first-order valence-electron chi connectivity index (χ1n) is 4.75. The van der Waals surface area contributed by atoms with Crippen LogP contribution in [-0.4, -0.2) is 19.1 Å². The Kier molecular flexibility index (Phi) is 4.44. The number of benzene rings is 1. The van der Waals surface area contributed by atoms with E-state index in [-0.39, 0.29) is 5.91 Å². The van der Waals surface area contributed by atoms with E-state index in [1.54, 1.807) is 19.9 Å². The molecule has 0 radical (unpaired) electrons. The predicted molar refractivity (Wildman–Crippen MR) is 63.9 cm³/mol. The zero-order valence-electron chi connectivity index (χ0n) is 9.30. The van der Waals surface area contributed by atoms with Gasteiger partial charge < -0.3 is 10.1 Å². The Labute approximate surface area is 102 Å². The van der Waals surface area contributed by atoms with Crippen LogP contribution in [0.3, 0.4) is 0 Å². The lowest BCUT2D eigenvalue weighted by Crippen LogP contribution is -2.26. The van der Waals surface area contributed by atoms with Gasteiger partial charge in [0.05, 0.1) is 4.47 Å². The molecule has 88 valence electrons. The average molecular weight is 290 g/mol. The number of amides is 1. The Bertz CT molecular complexity index is 409. The van der Waals surface area contributed by atoms with Gasteiger partial charge >= 0.3 is 0 Å². The molecule has 0 bridgehead atoms. The van der Waals surface area contributed by atoms with Gasteiger partial charge in [0.2, 0.25) is 0 Å². The van der Waals surface area contributed by atoms with Gasteiger partial charge in [0.25, 0.3) is 5.91 Å². The monoisotopic (exact) mass is 289 g/mol. The second-order valence-electron chi connectivity index (χ2n) is 3.45. The van der Waals surface area contributed by atoms with Crippen LogP contribution in [-0.2, 0) is 9.53 Å². The first kappa shape index (κ1) is 13.1. The number of carbonyl (C=O) groups excluding carboxylic acids is 1. The van der Waals surface area contributed by atoms with E-state index in [9.17, 15) is 9.18 Å². The highest BCUT2D eigenvalue weighted by Crippen LogP contribution is 2.24. The molecule has 1 N–H and O–H groups in total. The molecule has 3 nitrogen and oxygen atoms in total. The van der Waals surface area contributed by atoms with E-state index in [0.717, 1.165) is 5.56 Å². The van der Waals surface area contributed by atoms with E-state index < -0.39 is 11.9 Å². The highest BCUT2D eigenvalue weighted by molar-refractivity contribution is 9.10. The first-order valence-corrected chi connectivity index (χ1v) is 5.54. The summed E-state index contributed by atoms with van der Waals surface area (Å²) in [5.74, 6) is -0.710. The molecule has 5 heteroatoms. The molecule has 0 aliphatic heterocycles. The van der Waals surface area contributed by atoms with Crippen molar-refractivity contribution in [2.24, 2.45) is 0 Å². The predicted octanol–water partition coefficient (Wildman–Crippen LogP) is 2.87. The maximum Gasteiger partial charge on any atom is 0.253 e. The lowest BCUT2D eigenvalue weighted by molar-refractivity contribution is -0.124. The highest BCUT2D eigenvalue weighted by Gasteiger charge is 2.13. The molecule has 1 aromatic carbocycles. The summed E-state index contributed by atoms with van der Waals surface area (Å²) in [5, 5.41) is 2.60. The quantitative estimate of drug-likeness (QED) is 0.929. The molecule has 1 rings (SSSR count). The fourth-order valence-electron chi connectivity index (χ4n) is 1.12. The van der Waals surface area contributed by atoms with E-state index in [1.807, 2.05) is 0 Å². The molecule has 1 atom stereocenters. The Morgan fingerprint density at radius 2 is 2.19 bits per heavy atom. The number of hydrogen-bond acceptors (Lipinski definition) is 2. The summed E-state index contributed by atoms with van der Waals surface area (Å²) >= 11 is 3.08. The molecule has 0 aliphatic rings. The van der Waals surface area contributed by atoms with Gasteiger partial charge in [-0.2, -0.15) is 0 Å². The van der Waals surface area contributed by atoms with E-state index in [0.29, 0.717) is 10.2 Å². The highest BCUT2D eigenvalue weighted by atomic mass is 79.9. The molecule has 1 unspecified atom stereocenters. The molecule has 0 saturated heterocycles. The summed E-state index contributed by atoms with van der Waals surface area (Å²) in [7, 11) is 1.44. The fourth-order valence-corrected chi connectivity index (χ4v) is 1.58. The Morgan fingerprint density at radius 3 is 2.75 bits per heavy atom. The van der Waals surface area contributed by atoms with Crippen molar-refractivity contribution in [3.8, 4) is 0 Å². The fraction of sp³-hybridized carbons (Fsp3) is 0.364. The smallest absolute Gasteiger partial charge is 0.253 e. The van der Waals surface area contributed by atoms with Gasteiger partial charge in [-0.05, 0) is 47.5 Å².